The summed E-state index contributed by atoms with van der Waals surface area (Å²) in [6, 6.07) is 24.7. The van der Waals surface area contributed by atoms with E-state index in [9.17, 15) is 4.79 Å². The van der Waals surface area contributed by atoms with Crippen molar-refractivity contribution in [1.82, 2.24) is 9.55 Å². The Labute approximate surface area is 180 Å². The Morgan fingerprint density at radius 2 is 1.73 bits per heavy atom. The second-order valence-electron chi connectivity index (χ2n) is 7.68. The molecule has 150 valence electrons. The summed E-state index contributed by atoms with van der Waals surface area (Å²) in [5.41, 5.74) is 6.55. The second kappa shape index (κ2) is 7.65. The van der Waals surface area contributed by atoms with Crippen molar-refractivity contribution in [2.24, 2.45) is 0 Å². The van der Waals surface area contributed by atoms with E-state index in [1.54, 1.807) is 0 Å². The fourth-order valence-electron chi connectivity index (χ4n) is 4.02. The average Bonchev–Trinajstić information content (AvgIpc) is 3.35. The summed E-state index contributed by atoms with van der Waals surface area (Å²) >= 11 is 1.53. The summed E-state index contributed by atoms with van der Waals surface area (Å²) in [6.45, 7) is 4.81. The molecule has 5 rings (SSSR count). The van der Waals surface area contributed by atoms with Gasteiger partial charge in [0.05, 0.1) is 16.3 Å². The molecule has 1 aliphatic rings. The normalized spacial score (nSPS) is 14.1. The van der Waals surface area contributed by atoms with E-state index in [-0.39, 0.29) is 11.2 Å². The zero-order valence-electron chi connectivity index (χ0n) is 17.1. The van der Waals surface area contributed by atoms with E-state index < -0.39 is 0 Å². The van der Waals surface area contributed by atoms with Crippen LogP contribution in [0.2, 0.25) is 0 Å². The predicted octanol–water partition coefficient (Wildman–Crippen LogP) is 5.40. The van der Waals surface area contributed by atoms with E-state index >= 15 is 0 Å². The molecule has 0 saturated heterocycles. The van der Waals surface area contributed by atoms with Crippen LogP contribution in [0.3, 0.4) is 0 Å². The van der Waals surface area contributed by atoms with Crippen molar-refractivity contribution in [3.8, 4) is 5.69 Å². The van der Waals surface area contributed by atoms with Gasteiger partial charge >= 0.3 is 0 Å². The molecule has 0 N–H and O–H groups in total. The van der Waals surface area contributed by atoms with Gasteiger partial charge < -0.3 is 4.90 Å². The van der Waals surface area contributed by atoms with Crippen LogP contribution in [0.25, 0.3) is 16.7 Å². The molecule has 0 unspecified atom stereocenters. The summed E-state index contributed by atoms with van der Waals surface area (Å²) in [5.74, 6) is 0.132. The van der Waals surface area contributed by atoms with E-state index in [0.717, 1.165) is 40.5 Å². The number of anilines is 1. The van der Waals surface area contributed by atoms with Crippen LogP contribution in [0, 0.1) is 6.92 Å². The highest BCUT2D eigenvalue weighted by molar-refractivity contribution is 8.00. The van der Waals surface area contributed by atoms with Crippen LogP contribution >= 0.6 is 11.8 Å². The third-order valence-corrected chi connectivity index (χ3v) is 6.65. The second-order valence-corrected chi connectivity index (χ2v) is 8.99. The van der Waals surface area contributed by atoms with Crippen LogP contribution in [0.15, 0.2) is 78.0 Å². The van der Waals surface area contributed by atoms with Gasteiger partial charge in [-0.25, -0.2) is 4.98 Å². The van der Waals surface area contributed by atoms with Crippen molar-refractivity contribution in [1.29, 1.82) is 0 Å². The van der Waals surface area contributed by atoms with E-state index in [1.807, 2.05) is 48.2 Å². The SMILES string of the molecule is Cc1ccc(-n2c(S[C@H](C)C(=O)N3CCc4ccccc43)nc3ccccc32)cc1. The van der Waals surface area contributed by atoms with E-state index in [0.29, 0.717) is 0 Å². The number of rotatable bonds is 4. The monoisotopic (exact) mass is 413 g/mol. The highest BCUT2D eigenvalue weighted by atomic mass is 32.2. The molecular formula is C25H23N3OS. The Balaban J connectivity index is 1.49. The van der Waals surface area contributed by atoms with Gasteiger partial charge in [0.2, 0.25) is 5.91 Å². The molecule has 0 radical (unpaired) electrons. The molecule has 4 nitrogen and oxygen atoms in total. The summed E-state index contributed by atoms with van der Waals surface area (Å²) in [6.07, 6.45) is 0.918. The number of para-hydroxylation sites is 3. The number of thioether (sulfide) groups is 1. The lowest BCUT2D eigenvalue weighted by atomic mass is 10.2. The fraction of sp³-hybridized carbons (Fsp3) is 0.200. The third-order valence-electron chi connectivity index (χ3n) is 5.61. The molecule has 3 aromatic carbocycles. The zero-order valence-corrected chi connectivity index (χ0v) is 17.9. The van der Waals surface area contributed by atoms with Crippen molar-refractivity contribution in [3.05, 3.63) is 83.9 Å². The number of carbonyl (C=O) groups is 1. The Morgan fingerprint density at radius 3 is 2.57 bits per heavy atom. The fourth-order valence-corrected chi connectivity index (χ4v) is 5.03. The number of aromatic nitrogens is 2. The summed E-state index contributed by atoms with van der Waals surface area (Å²) in [7, 11) is 0. The van der Waals surface area contributed by atoms with Crippen LogP contribution in [0.5, 0.6) is 0 Å². The lowest BCUT2D eigenvalue weighted by Gasteiger charge is -2.21. The molecule has 1 aliphatic heterocycles. The summed E-state index contributed by atoms with van der Waals surface area (Å²) in [4.78, 5) is 20.1. The Hall–Kier alpha value is -3.05. The summed E-state index contributed by atoms with van der Waals surface area (Å²) < 4.78 is 2.15. The van der Waals surface area contributed by atoms with Gasteiger partial charge in [0.15, 0.2) is 5.16 Å². The minimum absolute atomic E-state index is 0.132. The first-order chi connectivity index (χ1) is 14.6. The lowest BCUT2D eigenvalue weighted by Crippen LogP contribution is -2.35. The first kappa shape index (κ1) is 18.9. The van der Waals surface area contributed by atoms with Crippen molar-refractivity contribution in [2.45, 2.75) is 30.7 Å². The number of hydrogen-bond donors (Lipinski definition) is 0. The Bertz CT molecular complexity index is 1230. The number of hydrogen-bond acceptors (Lipinski definition) is 3. The van der Waals surface area contributed by atoms with E-state index in [4.69, 9.17) is 4.98 Å². The molecule has 0 aliphatic carbocycles. The first-order valence-corrected chi connectivity index (χ1v) is 11.1. The number of fused-ring (bicyclic) bond motifs is 2. The highest BCUT2D eigenvalue weighted by Gasteiger charge is 2.29. The van der Waals surface area contributed by atoms with Crippen molar-refractivity contribution in [3.63, 3.8) is 0 Å². The molecule has 2 heterocycles. The number of carbonyl (C=O) groups excluding carboxylic acids is 1. The van der Waals surface area contributed by atoms with Crippen molar-refractivity contribution >= 4 is 34.4 Å². The van der Waals surface area contributed by atoms with Crippen molar-refractivity contribution < 1.29 is 4.79 Å². The maximum absolute atomic E-state index is 13.3. The van der Waals surface area contributed by atoms with Gasteiger partial charge in [-0.2, -0.15) is 0 Å². The van der Waals surface area contributed by atoms with Crippen LogP contribution in [0.4, 0.5) is 5.69 Å². The molecule has 0 bridgehead atoms. The molecule has 1 aromatic heterocycles. The summed E-state index contributed by atoms with van der Waals surface area (Å²) in [5, 5.41) is 0.602. The number of aryl methyl sites for hydroxylation is 1. The molecule has 5 heteroatoms. The molecule has 4 aromatic rings. The Morgan fingerprint density at radius 1 is 1.00 bits per heavy atom. The topological polar surface area (TPSA) is 38.1 Å². The molecule has 1 atom stereocenters. The lowest BCUT2D eigenvalue weighted by molar-refractivity contribution is -0.117. The zero-order chi connectivity index (χ0) is 20.7. The van der Waals surface area contributed by atoms with Gasteiger partial charge in [0.25, 0.3) is 0 Å². The third kappa shape index (κ3) is 3.29. The van der Waals surface area contributed by atoms with Gasteiger partial charge in [-0.1, -0.05) is 59.8 Å². The molecule has 0 fully saturated rings. The van der Waals surface area contributed by atoms with Crippen LogP contribution in [0.1, 0.15) is 18.1 Å². The first-order valence-electron chi connectivity index (χ1n) is 10.2. The largest absolute Gasteiger partial charge is 0.311 e. The van der Waals surface area contributed by atoms with E-state index in [1.165, 1.54) is 22.9 Å². The van der Waals surface area contributed by atoms with Crippen molar-refractivity contribution in [2.75, 3.05) is 11.4 Å². The van der Waals surface area contributed by atoms with Gasteiger partial charge in [0.1, 0.15) is 0 Å². The standard InChI is InChI=1S/C25H23N3OS/c1-17-11-13-20(14-12-17)28-23-10-6-4-8-21(23)26-25(28)30-18(2)24(29)27-16-15-19-7-3-5-9-22(19)27/h3-14,18H,15-16H2,1-2H3/t18-/m1/s1. The number of amides is 1. The Kier molecular flexibility index (Phi) is 4.83. The number of nitrogens with zero attached hydrogens (tertiary/aromatic N) is 3. The van der Waals surface area contributed by atoms with Gasteiger partial charge in [-0.05, 0) is 56.2 Å². The predicted molar refractivity (Wildman–Crippen MR) is 124 cm³/mol. The van der Waals surface area contributed by atoms with Crippen LogP contribution in [-0.2, 0) is 11.2 Å². The number of benzene rings is 3. The maximum atomic E-state index is 13.3. The maximum Gasteiger partial charge on any atom is 0.240 e. The molecular weight excluding hydrogens is 390 g/mol. The highest BCUT2D eigenvalue weighted by Crippen LogP contribution is 2.34. The van der Waals surface area contributed by atoms with Crippen LogP contribution < -0.4 is 4.90 Å². The molecule has 0 saturated carbocycles. The molecule has 1 amide bonds. The molecule has 0 spiro atoms. The van der Waals surface area contributed by atoms with Crippen LogP contribution in [-0.4, -0.2) is 27.3 Å². The van der Waals surface area contributed by atoms with E-state index in [2.05, 4.69) is 47.9 Å². The smallest absolute Gasteiger partial charge is 0.240 e. The average molecular weight is 414 g/mol. The molecule has 30 heavy (non-hydrogen) atoms. The minimum Gasteiger partial charge on any atom is -0.311 e. The van der Waals surface area contributed by atoms with Gasteiger partial charge in [-0.3, -0.25) is 9.36 Å². The number of imidazole rings is 1. The van der Waals surface area contributed by atoms with Gasteiger partial charge in [0, 0.05) is 17.9 Å². The quantitative estimate of drug-likeness (QED) is 0.420. The minimum atomic E-state index is -0.239. The van der Waals surface area contributed by atoms with Gasteiger partial charge in [-0.15, -0.1) is 0 Å².